The molecule has 0 bridgehead atoms. The molecule has 6 rings (SSSR count). The van der Waals surface area contributed by atoms with Gasteiger partial charge in [0.2, 0.25) is 0 Å². The van der Waals surface area contributed by atoms with Crippen molar-refractivity contribution in [1.82, 2.24) is 9.55 Å². The summed E-state index contributed by atoms with van der Waals surface area (Å²) in [4.78, 5) is 18.4. The van der Waals surface area contributed by atoms with Crippen molar-refractivity contribution >= 4 is 11.0 Å². The van der Waals surface area contributed by atoms with Crippen molar-refractivity contribution in [3.8, 4) is 17.2 Å². The number of ether oxygens (including phenoxy) is 2. The van der Waals surface area contributed by atoms with Crippen LogP contribution in [0.5, 0.6) is 11.5 Å². The molecule has 2 atom stereocenters. The van der Waals surface area contributed by atoms with Crippen molar-refractivity contribution < 1.29 is 9.47 Å². The Bertz CT molecular complexity index is 1300. The van der Waals surface area contributed by atoms with Crippen LogP contribution < -0.4 is 15.0 Å². The van der Waals surface area contributed by atoms with E-state index in [-0.39, 0.29) is 17.4 Å². The molecule has 0 unspecified atom stereocenters. The first-order valence-corrected chi connectivity index (χ1v) is 9.76. The molecular weight excluding hydrogens is 364 g/mol. The monoisotopic (exact) mass is 382 g/mol. The van der Waals surface area contributed by atoms with Gasteiger partial charge in [-0.1, -0.05) is 36.4 Å². The van der Waals surface area contributed by atoms with Gasteiger partial charge >= 0.3 is 0 Å². The summed E-state index contributed by atoms with van der Waals surface area (Å²) in [5.74, 6) is 1.54. The maximum absolute atomic E-state index is 13.9. The van der Waals surface area contributed by atoms with Crippen molar-refractivity contribution in [1.29, 1.82) is 0 Å². The van der Waals surface area contributed by atoms with Crippen molar-refractivity contribution in [2.24, 2.45) is 5.92 Å². The number of nitrogens with zero attached hydrogens (tertiary/aromatic N) is 2. The van der Waals surface area contributed by atoms with Gasteiger partial charge in [-0.15, -0.1) is 0 Å². The molecule has 2 aliphatic heterocycles. The second kappa shape index (κ2) is 6.21. The molecule has 0 spiro atoms. The average Bonchev–Trinajstić information content (AvgIpc) is 2.79. The lowest BCUT2D eigenvalue weighted by atomic mass is 9.77. The van der Waals surface area contributed by atoms with E-state index in [9.17, 15) is 4.79 Å². The summed E-state index contributed by atoms with van der Waals surface area (Å²) < 4.78 is 13.8. The number of hydrogen-bond acceptors (Lipinski definition) is 4. The molecule has 0 aliphatic carbocycles. The highest BCUT2D eigenvalue weighted by Crippen LogP contribution is 2.47. The van der Waals surface area contributed by atoms with E-state index in [0.717, 1.165) is 22.4 Å². The third kappa shape index (κ3) is 2.34. The van der Waals surface area contributed by atoms with E-state index in [1.165, 1.54) is 0 Å². The molecule has 0 amide bonds. The van der Waals surface area contributed by atoms with Crippen molar-refractivity contribution in [2.75, 3.05) is 13.2 Å². The Labute approximate surface area is 167 Å². The summed E-state index contributed by atoms with van der Waals surface area (Å²) in [7, 11) is 0. The number of para-hydroxylation sites is 2. The first kappa shape index (κ1) is 16.4. The molecule has 0 N–H and O–H groups in total. The van der Waals surface area contributed by atoms with E-state index in [1.54, 1.807) is 10.8 Å². The highest BCUT2D eigenvalue weighted by Gasteiger charge is 2.41. The summed E-state index contributed by atoms with van der Waals surface area (Å²) in [6, 6.07) is 21.5. The second-order valence-electron chi connectivity index (χ2n) is 7.49. The summed E-state index contributed by atoms with van der Waals surface area (Å²) in [6.07, 6.45) is 1.71. The van der Waals surface area contributed by atoms with E-state index < -0.39 is 0 Å². The molecule has 0 saturated heterocycles. The Morgan fingerprint density at radius 1 is 0.897 bits per heavy atom. The minimum absolute atomic E-state index is 0.0595. The number of pyridine rings is 2. The van der Waals surface area contributed by atoms with Gasteiger partial charge in [0.05, 0.1) is 29.9 Å². The normalized spacial score (nSPS) is 19.4. The third-order valence-electron chi connectivity index (χ3n) is 5.87. The largest absolute Gasteiger partial charge is 0.493 e. The number of rotatable bonds is 1. The molecule has 2 aliphatic rings. The standard InChI is InChI=1S/C24H18N2O3/c27-24-21-20-15(13-28-19-11-5-4-9-17(19)20)14-29-22(21)18-10-6-12-25-23(18)26(24)16-7-2-1-3-8-16/h1-12,15,20H,13-14H2/t15-,20+/m0/s1. The molecule has 0 fully saturated rings. The molecule has 5 nitrogen and oxygen atoms in total. The van der Waals surface area contributed by atoms with Crippen LogP contribution in [0.15, 0.2) is 77.7 Å². The Kier molecular flexibility index (Phi) is 3.50. The predicted octanol–water partition coefficient (Wildman–Crippen LogP) is 3.92. The van der Waals surface area contributed by atoms with E-state index in [0.29, 0.717) is 30.2 Å². The van der Waals surface area contributed by atoms with Crippen molar-refractivity contribution in [3.05, 3.63) is 94.4 Å². The molecule has 142 valence electrons. The minimum Gasteiger partial charge on any atom is -0.493 e. The van der Waals surface area contributed by atoms with Crippen LogP contribution in [0.1, 0.15) is 17.0 Å². The quantitative estimate of drug-likeness (QED) is 0.501. The van der Waals surface area contributed by atoms with Gasteiger partial charge in [0.15, 0.2) is 5.65 Å². The number of fused-ring (bicyclic) bond motifs is 7. The van der Waals surface area contributed by atoms with Gasteiger partial charge in [-0.05, 0) is 30.3 Å². The average molecular weight is 382 g/mol. The smallest absolute Gasteiger partial charge is 0.264 e. The zero-order valence-electron chi connectivity index (χ0n) is 15.6. The second-order valence-corrected chi connectivity index (χ2v) is 7.49. The van der Waals surface area contributed by atoms with Crippen LogP contribution in [0, 0.1) is 5.92 Å². The first-order valence-electron chi connectivity index (χ1n) is 9.76. The van der Waals surface area contributed by atoms with Crippen LogP contribution >= 0.6 is 0 Å². The van der Waals surface area contributed by atoms with Gasteiger partial charge in [0.1, 0.15) is 11.5 Å². The molecule has 0 radical (unpaired) electrons. The maximum Gasteiger partial charge on any atom is 0.264 e. The van der Waals surface area contributed by atoms with Crippen LogP contribution in [0.25, 0.3) is 16.7 Å². The minimum atomic E-state index is -0.0798. The van der Waals surface area contributed by atoms with E-state index >= 15 is 0 Å². The zero-order valence-corrected chi connectivity index (χ0v) is 15.6. The van der Waals surface area contributed by atoms with Crippen LogP contribution in [-0.2, 0) is 0 Å². The lowest BCUT2D eigenvalue weighted by molar-refractivity contribution is 0.126. The Morgan fingerprint density at radius 2 is 1.69 bits per heavy atom. The Hall–Kier alpha value is -3.60. The first-order chi connectivity index (χ1) is 14.3. The Balaban J connectivity index is 1.73. The van der Waals surface area contributed by atoms with Gasteiger partial charge in [0.25, 0.3) is 5.56 Å². The Morgan fingerprint density at radius 3 is 2.59 bits per heavy atom. The number of aromatic nitrogens is 2. The highest BCUT2D eigenvalue weighted by molar-refractivity contribution is 5.85. The van der Waals surface area contributed by atoms with Gasteiger partial charge in [-0.3, -0.25) is 9.36 Å². The molecule has 5 heteroatoms. The SMILES string of the molecule is O=c1c2c(c3cccnc3n1-c1ccccc1)OC[C@@H]1COc3ccccc3[C@H]21. The van der Waals surface area contributed by atoms with E-state index in [1.807, 2.05) is 60.7 Å². The van der Waals surface area contributed by atoms with E-state index in [2.05, 4.69) is 11.1 Å². The van der Waals surface area contributed by atoms with Gasteiger partial charge < -0.3 is 9.47 Å². The molecule has 4 heterocycles. The van der Waals surface area contributed by atoms with E-state index in [4.69, 9.17) is 9.47 Å². The van der Waals surface area contributed by atoms with Crippen molar-refractivity contribution in [3.63, 3.8) is 0 Å². The molecule has 2 aromatic carbocycles. The number of benzene rings is 2. The van der Waals surface area contributed by atoms with Crippen LogP contribution in [-0.4, -0.2) is 22.8 Å². The fourth-order valence-corrected chi connectivity index (χ4v) is 4.60. The van der Waals surface area contributed by atoms with Gasteiger partial charge in [-0.25, -0.2) is 4.98 Å². The third-order valence-corrected chi connectivity index (χ3v) is 5.87. The number of hydrogen-bond donors (Lipinski definition) is 0. The van der Waals surface area contributed by atoms with Gasteiger partial charge in [0, 0.05) is 23.6 Å². The maximum atomic E-state index is 13.9. The van der Waals surface area contributed by atoms with Crippen LogP contribution in [0.2, 0.25) is 0 Å². The summed E-state index contributed by atoms with van der Waals surface area (Å²) in [5, 5.41) is 0.855. The zero-order chi connectivity index (χ0) is 19.4. The molecular formula is C24H18N2O3. The van der Waals surface area contributed by atoms with Crippen molar-refractivity contribution in [2.45, 2.75) is 5.92 Å². The lowest BCUT2D eigenvalue weighted by Crippen LogP contribution is -2.39. The highest BCUT2D eigenvalue weighted by atomic mass is 16.5. The molecule has 4 aromatic rings. The fraction of sp³-hybridized carbons (Fsp3) is 0.167. The molecule has 2 aromatic heterocycles. The fourth-order valence-electron chi connectivity index (χ4n) is 4.60. The summed E-state index contributed by atoms with van der Waals surface area (Å²) >= 11 is 0. The van der Waals surface area contributed by atoms with Gasteiger partial charge in [-0.2, -0.15) is 0 Å². The van der Waals surface area contributed by atoms with Crippen LogP contribution in [0.4, 0.5) is 0 Å². The molecule has 29 heavy (non-hydrogen) atoms. The topological polar surface area (TPSA) is 53.4 Å². The summed E-state index contributed by atoms with van der Waals surface area (Å²) in [5.41, 5.74) is 3.08. The molecule has 0 saturated carbocycles. The summed E-state index contributed by atoms with van der Waals surface area (Å²) in [6.45, 7) is 1.06. The van der Waals surface area contributed by atoms with Crippen LogP contribution in [0.3, 0.4) is 0 Å². The lowest BCUT2D eigenvalue weighted by Gasteiger charge is -2.38. The predicted molar refractivity (Wildman–Crippen MR) is 110 cm³/mol.